The normalized spacial score (nSPS) is 20.6. The van der Waals surface area contributed by atoms with Crippen LogP contribution in [0.25, 0.3) is 0 Å². The van der Waals surface area contributed by atoms with Crippen LogP contribution in [0.1, 0.15) is 18.4 Å². The summed E-state index contributed by atoms with van der Waals surface area (Å²) < 4.78 is 11.5. The van der Waals surface area contributed by atoms with Crippen LogP contribution in [0.2, 0.25) is 0 Å². The highest BCUT2D eigenvalue weighted by Crippen LogP contribution is 2.33. The summed E-state index contributed by atoms with van der Waals surface area (Å²) in [6.07, 6.45) is 3.51. The highest BCUT2D eigenvalue weighted by molar-refractivity contribution is 7.80. The molecule has 1 aromatic rings. The summed E-state index contributed by atoms with van der Waals surface area (Å²) in [4.78, 5) is 2.35. The lowest BCUT2D eigenvalue weighted by atomic mass is 10.0. The van der Waals surface area contributed by atoms with Gasteiger partial charge >= 0.3 is 0 Å². The Kier molecular flexibility index (Phi) is 4.56. The van der Waals surface area contributed by atoms with Crippen molar-refractivity contribution in [3.63, 3.8) is 0 Å². The molecule has 0 unspecified atom stereocenters. The molecule has 3 rings (SSSR count). The van der Waals surface area contributed by atoms with E-state index in [0.717, 1.165) is 31.5 Å². The first-order chi connectivity index (χ1) is 10.7. The summed E-state index contributed by atoms with van der Waals surface area (Å²) in [7, 11) is 0. The van der Waals surface area contributed by atoms with Crippen LogP contribution in [0, 0.1) is 0 Å². The average molecular weight is 320 g/mol. The Labute approximate surface area is 135 Å². The molecular weight excluding hydrogens is 300 g/mol. The van der Waals surface area contributed by atoms with Gasteiger partial charge in [0.1, 0.15) is 0 Å². The molecule has 7 heteroatoms. The first kappa shape index (κ1) is 15.2. The molecule has 0 atom stereocenters. The van der Waals surface area contributed by atoms with Gasteiger partial charge in [-0.05, 0) is 29.9 Å². The number of nitrogens with one attached hydrogen (secondary N) is 1. The number of thiocarbonyl (C=S) groups is 1. The molecule has 0 bridgehead atoms. The van der Waals surface area contributed by atoms with E-state index in [0.29, 0.717) is 13.2 Å². The second-order valence-corrected chi connectivity index (χ2v) is 5.86. The van der Waals surface area contributed by atoms with E-state index >= 15 is 0 Å². The molecule has 0 radical (unpaired) electrons. The molecule has 0 saturated carbocycles. The Balaban J connectivity index is 1.57. The first-order valence-electron chi connectivity index (χ1n) is 7.38. The molecule has 2 fully saturated rings. The molecule has 2 aliphatic heterocycles. The van der Waals surface area contributed by atoms with E-state index in [1.807, 2.05) is 12.1 Å². The molecule has 1 aromatic carbocycles. The lowest BCUT2D eigenvalue weighted by Crippen LogP contribution is -2.45. The molecule has 0 aromatic heterocycles. The molecule has 3 N–H and O–H groups in total. The number of rotatable bonds is 3. The van der Waals surface area contributed by atoms with Crippen LogP contribution >= 0.6 is 12.2 Å². The van der Waals surface area contributed by atoms with E-state index in [-0.39, 0.29) is 10.9 Å². The molecular formula is C15H20N4O2S. The standard InChI is InChI=1S/C15H20N4O2S/c16-14(22)18-17-11-12-1-3-13(4-2-12)19-7-5-15(6-8-19)20-9-10-21-15/h1-4,11H,5-10H2,(H3,16,18,22). The van der Waals surface area contributed by atoms with Crippen molar-refractivity contribution >= 4 is 29.2 Å². The number of piperidine rings is 1. The second-order valence-electron chi connectivity index (χ2n) is 5.42. The Morgan fingerprint density at radius 2 is 1.86 bits per heavy atom. The largest absolute Gasteiger partial charge is 0.375 e. The number of anilines is 1. The molecule has 1 spiro atoms. The van der Waals surface area contributed by atoms with E-state index < -0.39 is 0 Å². The maximum atomic E-state index is 5.75. The van der Waals surface area contributed by atoms with Gasteiger partial charge in [-0.25, -0.2) is 0 Å². The van der Waals surface area contributed by atoms with Crippen molar-refractivity contribution in [3.8, 4) is 0 Å². The van der Waals surface area contributed by atoms with Crippen molar-refractivity contribution in [2.75, 3.05) is 31.2 Å². The molecule has 0 aliphatic carbocycles. The zero-order chi connectivity index (χ0) is 15.4. The van der Waals surface area contributed by atoms with Crippen LogP contribution in [0.4, 0.5) is 5.69 Å². The van der Waals surface area contributed by atoms with Gasteiger partial charge in [0.25, 0.3) is 0 Å². The number of nitrogens with zero attached hydrogens (tertiary/aromatic N) is 2. The third-order valence-corrected chi connectivity index (χ3v) is 4.08. The van der Waals surface area contributed by atoms with Crippen molar-refractivity contribution in [1.82, 2.24) is 5.43 Å². The molecule has 2 saturated heterocycles. The van der Waals surface area contributed by atoms with Crippen LogP contribution in [-0.2, 0) is 9.47 Å². The molecule has 2 heterocycles. The van der Waals surface area contributed by atoms with Crippen molar-refractivity contribution in [1.29, 1.82) is 0 Å². The Bertz CT molecular complexity index is 545. The second kappa shape index (κ2) is 6.60. The van der Waals surface area contributed by atoms with Crippen LogP contribution in [-0.4, -0.2) is 43.4 Å². The van der Waals surface area contributed by atoms with Gasteiger partial charge in [0.2, 0.25) is 0 Å². The van der Waals surface area contributed by atoms with Gasteiger partial charge in [-0.3, -0.25) is 5.43 Å². The van der Waals surface area contributed by atoms with Crippen molar-refractivity contribution < 1.29 is 9.47 Å². The minimum Gasteiger partial charge on any atom is -0.375 e. The number of hydrogen-bond donors (Lipinski definition) is 2. The Morgan fingerprint density at radius 1 is 1.23 bits per heavy atom. The van der Waals surface area contributed by atoms with Gasteiger partial charge in [0.05, 0.1) is 19.4 Å². The van der Waals surface area contributed by atoms with Crippen molar-refractivity contribution in [2.45, 2.75) is 18.6 Å². The molecule has 118 valence electrons. The fourth-order valence-corrected chi connectivity index (χ4v) is 2.89. The maximum Gasteiger partial charge on any atom is 0.184 e. The zero-order valence-corrected chi connectivity index (χ0v) is 13.1. The average Bonchev–Trinajstić information content (AvgIpc) is 2.97. The summed E-state index contributed by atoms with van der Waals surface area (Å²) in [5.41, 5.74) is 10.0. The summed E-state index contributed by atoms with van der Waals surface area (Å²) in [5, 5.41) is 4.10. The van der Waals surface area contributed by atoms with Gasteiger partial charge < -0.3 is 20.1 Å². The van der Waals surface area contributed by atoms with Gasteiger partial charge in [0, 0.05) is 31.6 Å². The van der Waals surface area contributed by atoms with E-state index in [4.69, 9.17) is 15.2 Å². The topological polar surface area (TPSA) is 72.1 Å². The predicted molar refractivity (Wildman–Crippen MR) is 90.0 cm³/mol. The summed E-state index contributed by atoms with van der Waals surface area (Å²) >= 11 is 4.69. The minimum atomic E-state index is -0.324. The molecule has 0 amide bonds. The third-order valence-electron chi connectivity index (χ3n) is 3.99. The van der Waals surface area contributed by atoms with Crippen LogP contribution in [0.5, 0.6) is 0 Å². The Morgan fingerprint density at radius 3 is 2.45 bits per heavy atom. The van der Waals surface area contributed by atoms with Crippen molar-refractivity contribution in [2.24, 2.45) is 10.8 Å². The Hall–Kier alpha value is -1.70. The minimum absolute atomic E-state index is 0.159. The van der Waals surface area contributed by atoms with Crippen molar-refractivity contribution in [3.05, 3.63) is 29.8 Å². The van der Waals surface area contributed by atoms with Gasteiger partial charge in [-0.2, -0.15) is 5.10 Å². The number of hydrazone groups is 1. The number of ether oxygens (including phenoxy) is 2. The van der Waals surface area contributed by atoms with Crippen LogP contribution in [0.15, 0.2) is 29.4 Å². The summed E-state index contributed by atoms with van der Waals surface area (Å²) in [6.45, 7) is 3.31. The lowest BCUT2D eigenvalue weighted by molar-refractivity contribution is -0.169. The van der Waals surface area contributed by atoms with Gasteiger partial charge in [0.15, 0.2) is 10.9 Å². The zero-order valence-electron chi connectivity index (χ0n) is 12.3. The van der Waals surface area contributed by atoms with E-state index in [1.165, 1.54) is 5.69 Å². The van der Waals surface area contributed by atoms with Crippen LogP contribution in [0.3, 0.4) is 0 Å². The first-order valence-corrected chi connectivity index (χ1v) is 7.79. The SMILES string of the molecule is NC(=S)NN=Cc1ccc(N2CCC3(CC2)OCCO3)cc1. The lowest BCUT2D eigenvalue weighted by Gasteiger charge is -2.38. The fraction of sp³-hybridized carbons (Fsp3) is 0.467. The quantitative estimate of drug-likeness (QED) is 0.495. The van der Waals surface area contributed by atoms with Gasteiger partial charge in [-0.15, -0.1) is 0 Å². The highest BCUT2D eigenvalue weighted by atomic mass is 32.1. The highest BCUT2D eigenvalue weighted by Gasteiger charge is 2.39. The van der Waals surface area contributed by atoms with Crippen LogP contribution < -0.4 is 16.1 Å². The predicted octanol–water partition coefficient (Wildman–Crippen LogP) is 1.20. The monoisotopic (exact) mass is 320 g/mol. The van der Waals surface area contributed by atoms with E-state index in [2.05, 4.69) is 39.8 Å². The molecule has 6 nitrogen and oxygen atoms in total. The fourth-order valence-electron chi connectivity index (χ4n) is 2.83. The number of benzene rings is 1. The van der Waals surface area contributed by atoms with Gasteiger partial charge in [-0.1, -0.05) is 12.1 Å². The van der Waals surface area contributed by atoms with E-state index in [9.17, 15) is 0 Å². The molecule has 22 heavy (non-hydrogen) atoms. The van der Waals surface area contributed by atoms with E-state index in [1.54, 1.807) is 6.21 Å². The number of hydrogen-bond acceptors (Lipinski definition) is 5. The molecule has 2 aliphatic rings. The smallest absolute Gasteiger partial charge is 0.184 e. The summed E-state index contributed by atoms with van der Waals surface area (Å²) in [6, 6.07) is 8.23. The summed E-state index contributed by atoms with van der Waals surface area (Å²) in [5.74, 6) is -0.324. The maximum absolute atomic E-state index is 5.75. The number of nitrogens with two attached hydrogens (primary N) is 1. The third kappa shape index (κ3) is 3.55.